The summed E-state index contributed by atoms with van der Waals surface area (Å²) in [7, 11) is 2.05. The summed E-state index contributed by atoms with van der Waals surface area (Å²) in [6.45, 7) is 7.33. The lowest BCUT2D eigenvalue weighted by atomic mass is 10.1. The molecule has 2 heterocycles. The number of aryl methyl sites for hydroxylation is 3. The second-order valence-electron chi connectivity index (χ2n) is 7.11. The highest BCUT2D eigenvalue weighted by molar-refractivity contribution is 7.14. The number of hydrogen-bond acceptors (Lipinski definition) is 5. The fraction of sp³-hybridized carbons (Fsp3) is 0.273. The highest BCUT2D eigenvalue weighted by Crippen LogP contribution is 2.37. The van der Waals surface area contributed by atoms with Gasteiger partial charge < -0.3 is 14.5 Å². The molecule has 3 aromatic rings. The molecule has 0 spiro atoms. The third kappa shape index (κ3) is 3.36. The number of para-hydroxylation sites is 2. The standard InChI is InChI=1S/C22H23N3O2S/c1-14-9-10-15(2)19(13-14)27-21-20(28-16(3)23-21)22(26)25-12-11-24(4)17-7-5-6-8-18(17)25/h5-10,13H,11-12H2,1-4H3. The topological polar surface area (TPSA) is 45.7 Å². The molecule has 6 heteroatoms. The molecule has 4 rings (SSSR count). The molecular weight excluding hydrogens is 370 g/mol. The first-order chi connectivity index (χ1) is 13.4. The number of benzene rings is 2. The van der Waals surface area contributed by atoms with E-state index in [4.69, 9.17) is 4.74 Å². The second kappa shape index (κ2) is 7.28. The SMILES string of the molecule is Cc1ccc(C)c(Oc2nc(C)sc2C(=O)N2CCN(C)c3ccccc32)c1. The minimum atomic E-state index is -0.0635. The Hall–Kier alpha value is -2.86. The van der Waals surface area contributed by atoms with Crippen molar-refractivity contribution in [3.8, 4) is 11.6 Å². The Bertz CT molecular complexity index is 1040. The van der Waals surface area contributed by atoms with Crippen molar-refractivity contribution in [3.63, 3.8) is 0 Å². The van der Waals surface area contributed by atoms with Crippen molar-refractivity contribution in [1.82, 2.24) is 4.98 Å². The van der Waals surface area contributed by atoms with Gasteiger partial charge in [-0.25, -0.2) is 4.98 Å². The number of carbonyl (C=O) groups is 1. The molecule has 144 valence electrons. The Morgan fingerprint density at radius 2 is 1.82 bits per heavy atom. The fourth-order valence-corrected chi connectivity index (χ4v) is 4.17. The van der Waals surface area contributed by atoms with E-state index in [-0.39, 0.29) is 5.91 Å². The average molecular weight is 394 g/mol. The van der Waals surface area contributed by atoms with Gasteiger partial charge in [-0.1, -0.05) is 24.3 Å². The number of fused-ring (bicyclic) bond motifs is 1. The van der Waals surface area contributed by atoms with Gasteiger partial charge in [0.15, 0.2) is 4.88 Å². The third-order valence-corrected chi connectivity index (χ3v) is 5.88. The molecule has 1 aliphatic rings. The molecule has 28 heavy (non-hydrogen) atoms. The van der Waals surface area contributed by atoms with Crippen molar-refractivity contribution >= 4 is 28.6 Å². The quantitative estimate of drug-likeness (QED) is 0.631. The van der Waals surface area contributed by atoms with E-state index >= 15 is 0 Å². The highest BCUT2D eigenvalue weighted by atomic mass is 32.1. The zero-order chi connectivity index (χ0) is 19.8. The first-order valence-corrected chi connectivity index (χ1v) is 10.1. The van der Waals surface area contributed by atoms with Gasteiger partial charge in [-0.15, -0.1) is 11.3 Å². The fourth-order valence-electron chi connectivity index (χ4n) is 3.37. The Morgan fingerprint density at radius 1 is 1.07 bits per heavy atom. The van der Waals surface area contributed by atoms with Crippen LogP contribution >= 0.6 is 11.3 Å². The molecule has 0 unspecified atom stereocenters. The molecule has 1 aromatic heterocycles. The first kappa shape index (κ1) is 18.5. The molecule has 0 atom stereocenters. The zero-order valence-corrected chi connectivity index (χ0v) is 17.3. The monoisotopic (exact) mass is 393 g/mol. The van der Waals surface area contributed by atoms with Gasteiger partial charge >= 0.3 is 0 Å². The highest BCUT2D eigenvalue weighted by Gasteiger charge is 2.30. The Morgan fingerprint density at radius 3 is 2.61 bits per heavy atom. The molecule has 1 amide bonds. The number of thiazole rings is 1. The summed E-state index contributed by atoms with van der Waals surface area (Å²) in [5.74, 6) is 1.06. The number of amides is 1. The van der Waals surface area contributed by atoms with Crippen molar-refractivity contribution in [1.29, 1.82) is 0 Å². The third-order valence-electron chi connectivity index (χ3n) is 4.94. The smallest absolute Gasteiger partial charge is 0.274 e. The maximum Gasteiger partial charge on any atom is 0.274 e. The van der Waals surface area contributed by atoms with Crippen molar-refractivity contribution in [2.24, 2.45) is 0 Å². The normalized spacial score (nSPS) is 13.4. The lowest BCUT2D eigenvalue weighted by Crippen LogP contribution is -2.42. The molecule has 0 N–H and O–H groups in total. The maximum atomic E-state index is 13.4. The molecule has 5 nitrogen and oxygen atoms in total. The van der Waals surface area contributed by atoms with E-state index in [0.29, 0.717) is 17.3 Å². The van der Waals surface area contributed by atoms with Gasteiger partial charge in [-0.2, -0.15) is 0 Å². The van der Waals surface area contributed by atoms with Crippen LogP contribution in [0.3, 0.4) is 0 Å². The van der Waals surface area contributed by atoms with Gasteiger partial charge in [0.2, 0.25) is 5.88 Å². The summed E-state index contributed by atoms with van der Waals surface area (Å²) < 4.78 is 6.10. The van der Waals surface area contributed by atoms with Gasteiger partial charge in [0.05, 0.1) is 16.4 Å². The van der Waals surface area contributed by atoms with Crippen molar-refractivity contribution in [3.05, 3.63) is 63.5 Å². The molecule has 0 saturated heterocycles. The molecule has 0 fully saturated rings. The zero-order valence-electron chi connectivity index (χ0n) is 16.5. The van der Waals surface area contributed by atoms with Crippen LogP contribution in [0.15, 0.2) is 42.5 Å². The summed E-state index contributed by atoms with van der Waals surface area (Å²) >= 11 is 1.38. The van der Waals surface area contributed by atoms with E-state index in [0.717, 1.165) is 39.8 Å². The molecule has 1 aliphatic heterocycles. The van der Waals surface area contributed by atoms with Crippen LogP contribution in [0, 0.1) is 20.8 Å². The number of hydrogen-bond donors (Lipinski definition) is 0. The van der Waals surface area contributed by atoms with Crippen molar-refractivity contribution in [2.75, 3.05) is 29.9 Å². The predicted molar refractivity (Wildman–Crippen MR) is 114 cm³/mol. The van der Waals surface area contributed by atoms with E-state index in [1.165, 1.54) is 11.3 Å². The first-order valence-electron chi connectivity index (χ1n) is 9.28. The van der Waals surface area contributed by atoms with Crippen LogP contribution in [0.2, 0.25) is 0 Å². The summed E-state index contributed by atoms with van der Waals surface area (Å²) in [5, 5.41) is 0.811. The number of anilines is 2. The Balaban J connectivity index is 1.70. The van der Waals surface area contributed by atoms with Crippen LogP contribution in [-0.2, 0) is 0 Å². The number of likely N-dealkylation sites (N-methyl/N-ethyl adjacent to an activating group) is 1. The molecule has 0 radical (unpaired) electrons. The molecule has 0 bridgehead atoms. The summed E-state index contributed by atoms with van der Waals surface area (Å²) in [4.78, 5) is 22.5. The second-order valence-corrected chi connectivity index (χ2v) is 8.31. The van der Waals surface area contributed by atoms with Gasteiger partial charge in [0.25, 0.3) is 5.91 Å². The van der Waals surface area contributed by atoms with E-state index in [1.54, 1.807) is 0 Å². The summed E-state index contributed by atoms with van der Waals surface area (Å²) in [6, 6.07) is 14.0. The van der Waals surface area contributed by atoms with Crippen molar-refractivity contribution < 1.29 is 9.53 Å². The van der Waals surface area contributed by atoms with Gasteiger partial charge in [-0.3, -0.25) is 4.79 Å². The maximum absolute atomic E-state index is 13.4. The van der Waals surface area contributed by atoms with Crippen LogP contribution in [0.1, 0.15) is 25.8 Å². The Kier molecular flexibility index (Phi) is 4.81. The van der Waals surface area contributed by atoms with Gasteiger partial charge in [0.1, 0.15) is 5.75 Å². The lowest BCUT2D eigenvalue weighted by molar-refractivity contribution is 0.0988. The number of carbonyl (C=O) groups excluding carboxylic acids is 1. The van der Waals surface area contributed by atoms with Crippen LogP contribution < -0.4 is 14.5 Å². The molecule has 2 aromatic carbocycles. The van der Waals surface area contributed by atoms with Gasteiger partial charge in [0, 0.05) is 20.1 Å². The van der Waals surface area contributed by atoms with Crippen molar-refractivity contribution in [2.45, 2.75) is 20.8 Å². The minimum absolute atomic E-state index is 0.0635. The molecule has 0 aliphatic carbocycles. The van der Waals surface area contributed by atoms with E-state index in [9.17, 15) is 4.79 Å². The van der Waals surface area contributed by atoms with E-state index < -0.39 is 0 Å². The number of ether oxygens (including phenoxy) is 1. The predicted octanol–water partition coefficient (Wildman–Crippen LogP) is 4.96. The number of rotatable bonds is 3. The number of nitrogens with zero attached hydrogens (tertiary/aromatic N) is 3. The van der Waals surface area contributed by atoms with Crippen LogP contribution in [0.5, 0.6) is 11.6 Å². The summed E-state index contributed by atoms with van der Waals surface area (Å²) in [6.07, 6.45) is 0. The number of aromatic nitrogens is 1. The van der Waals surface area contributed by atoms with Crippen LogP contribution in [-0.4, -0.2) is 31.0 Å². The lowest BCUT2D eigenvalue weighted by Gasteiger charge is -2.35. The Labute approximate surface area is 169 Å². The van der Waals surface area contributed by atoms with Gasteiger partial charge in [-0.05, 0) is 50.1 Å². The largest absolute Gasteiger partial charge is 0.437 e. The molecular formula is C22H23N3O2S. The minimum Gasteiger partial charge on any atom is -0.437 e. The van der Waals surface area contributed by atoms with E-state index in [2.05, 4.69) is 9.88 Å². The average Bonchev–Trinajstić information content (AvgIpc) is 3.05. The van der Waals surface area contributed by atoms with Crippen LogP contribution in [0.25, 0.3) is 0 Å². The van der Waals surface area contributed by atoms with Crippen LogP contribution in [0.4, 0.5) is 11.4 Å². The summed E-state index contributed by atoms with van der Waals surface area (Å²) in [5.41, 5.74) is 4.10. The van der Waals surface area contributed by atoms with E-state index in [1.807, 2.05) is 75.2 Å². The molecule has 0 saturated carbocycles.